The van der Waals surface area contributed by atoms with Gasteiger partial charge in [0.15, 0.2) is 0 Å². The molecule has 150 valence electrons. The van der Waals surface area contributed by atoms with Crippen molar-refractivity contribution < 1.29 is 18.3 Å². The van der Waals surface area contributed by atoms with Crippen LogP contribution < -0.4 is 9.64 Å². The van der Waals surface area contributed by atoms with E-state index in [9.17, 15) is 13.6 Å². The Labute approximate surface area is 177 Å². The van der Waals surface area contributed by atoms with Crippen molar-refractivity contribution in [1.82, 2.24) is 0 Å². The fourth-order valence-corrected chi connectivity index (χ4v) is 3.36. The number of anilines is 1. The van der Waals surface area contributed by atoms with Crippen LogP contribution in [0.4, 0.5) is 14.5 Å². The predicted octanol–water partition coefficient (Wildman–Crippen LogP) is 6.10. The summed E-state index contributed by atoms with van der Waals surface area (Å²) in [5.41, 5.74) is 2.28. The molecule has 4 rings (SSSR count). The second kappa shape index (κ2) is 8.13. The van der Waals surface area contributed by atoms with Gasteiger partial charge in [-0.1, -0.05) is 35.9 Å². The highest BCUT2D eigenvalue weighted by Gasteiger charge is 2.32. The van der Waals surface area contributed by atoms with E-state index in [1.807, 2.05) is 12.1 Å². The van der Waals surface area contributed by atoms with Gasteiger partial charge in [-0.3, -0.25) is 9.69 Å². The van der Waals surface area contributed by atoms with Crippen LogP contribution in [0.25, 0.3) is 11.8 Å². The minimum Gasteiger partial charge on any atom is -0.497 e. The molecule has 6 heteroatoms. The Morgan fingerprint density at radius 1 is 0.967 bits per heavy atom. The van der Waals surface area contributed by atoms with Gasteiger partial charge in [-0.05, 0) is 59.7 Å². The molecule has 0 aromatic heterocycles. The Morgan fingerprint density at radius 2 is 1.67 bits per heavy atom. The fourth-order valence-electron chi connectivity index (χ4n) is 3.23. The Morgan fingerprint density at radius 3 is 2.30 bits per heavy atom. The summed E-state index contributed by atoms with van der Waals surface area (Å²) in [7, 11) is 1.57. The van der Waals surface area contributed by atoms with Gasteiger partial charge in [0.25, 0.3) is 5.91 Å². The third-order valence-corrected chi connectivity index (χ3v) is 4.96. The number of amides is 1. The van der Waals surface area contributed by atoms with Gasteiger partial charge >= 0.3 is 0 Å². The smallest absolute Gasteiger partial charge is 0.263 e. The van der Waals surface area contributed by atoms with E-state index in [1.54, 1.807) is 55.7 Å². The van der Waals surface area contributed by atoms with Crippen molar-refractivity contribution in [3.05, 3.63) is 106 Å². The average Bonchev–Trinajstić information content (AvgIpc) is 3.05. The lowest BCUT2D eigenvalue weighted by Crippen LogP contribution is -2.26. The number of rotatable bonds is 4. The first kappa shape index (κ1) is 19.9. The molecular weight excluding hydrogens is 408 g/mol. The molecule has 0 spiro atoms. The summed E-state index contributed by atoms with van der Waals surface area (Å²) in [6.45, 7) is 0. The molecule has 0 aliphatic carbocycles. The van der Waals surface area contributed by atoms with E-state index in [0.29, 0.717) is 27.6 Å². The monoisotopic (exact) mass is 423 g/mol. The van der Waals surface area contributed by atoms with E-state index in [4.69, 9.17) is 16.3 Å². The van der Waals surface area contributed by atoms with E-state index < -0.39 is 17.5 Å². The van der Waals surface area contributed by atoms with E-state index in [2.05, 4.69) is 0 Å². The maximum Gasteiger partial charge on any atom is 0.263 e. The van der Waals surface area contributed by atoms with Crippen LogP contribution in [0.15, 0.2) is 78.4 Å². The maximum absolute atomic E-state index is 14.6. The van der Waals surface area contributed by atoms with Gasteiger partial charge in [-0.25, -0.2) is 8.78 Å². The minimum absolute atomic E-state index is 0.0271. The molecule has 1 heterocycles. The molecule has 3 nitrogen and oxygen atoms in total. The van der Waals surface area contributed by atoms with E-state index in [1.165, 1.54) is 11.0 Å². The summed E-state index contributed by atoms with van der Waals surface area (Å²) in [6.07, 6.45) is 3.39. The first-order valence-corrected chi connectivity index (χ1v) is 9.47. The molecule has 30 heavy (non-hydrogen) atoms. The van der Waals surface area contributed by atoms with Crippen LogP contribution in [-0.2, 0) is 4.79 Å². The topological polar surface area (TPSA) is 29.5 Å². The summed E-state index contributed by atoms with van der Waals surface area (Å²) >= 11 is 5.98. The lowest BCUT2D eigenvalue weighted by molar-refractivity contribution is -0.113. The Kier molecular flexibility index (Phi) is 5.38. The van der Waals surface area contributed by atoms with Gasteiger partial charge in [0, 0.05) is 16.7 Å². The molecule has 1 aliphatic rings. The highest BCUT2D eigenvalue weighted by molar-refractivity contribution is 6.30. The molecule has 0 fully saturated rings. The predicted molar refractivity (Wildman–Crippen MR) is 114 cm³/mol. The summed E-state index contributed by atoms with van der Waals surface area (Å²) in [4.78, 5) is 14.5. The van der Waals surface area contributed by atoms with Gasteiger partial charge < -0.3 is 4.74 Å². The molecule has 3 aromatic rings. The van der Waals surface area contributed by atoms with Crippen molar-refractivity contribution in [2.24, 2.45) is 0 Å². The van der Waals surface area contributed by atoms with E-state index in [0.717, 1.165) is 17.7 Å². The number of nitrogens with zero attached hydrogens (tertiary/aromatic N) is 1. The summed E-state index contributed by atoms with van der Waals surface area (Å²) in [5.74, 6) is -1.26. The van der Waals surface area contributed by atoms with Crippen molar-refractivity contribution in [3.8, 4) is 5.75 Å². The van der Waals surface area contributed by atoms with Crippen LogP contribution in [0.2, 0.25) is 5.02 Å². The first-order chi connectivity index (χ1) is 14.5. The third kappa shape index (κ3) is 3.84. The molecule has 0 saturated heterocycles. The number of methoxy groups -OCH3 is 1. The fraction of sp³-hybridized carbons (Fsp3) is 0.0417. The standard InChI is InChI=1S/C24H16ClF2NO2/c1-30-20-9-2-15(3-10-20)12-17-13-23(16-4-6-18(25)7-5-16)28(24(17)29)22-11-8-19(26)14-21(22)27/h2-14H,1H3/b17-12-. The maximum atomic E-state index is 14.6. The number of carbonyl (C=O) groups is 1. The number of hydrogen-bond donors (Lipinski definition) is 0. The van der Waals surface area contributed by atoms with Gasteiger partial charge in [-0.2, -0.15) is 0 Å². The van der Waals surface area contributed by atoms with Crippen molar-refractivity contribution in [3.63, 3.8) is 0 Å². The van der Waals surface area contributed by atoms with Gasteiger partial charge in [0.05, 0.1) is 18.5 Å². The zero-order chi connectivity index (χ0) is 21.3. The molecule has 0 unspecified atom stereocenters. The largest absolute Gasteiger partial charge is 0.497 e. The Hall–Kier alpha value is -3.44. The van der Waals surface area contributed by atoms with Crippen molar-refractivity contribution in [2.75, 3.05) is 12.0 Å². The van der Waals surface area contributed by atoms with Crippen LogP contribution in [0.5, 0.6) is 5.75 Å². The van der Waals surface area contributed by atoms with Gasteiger partial charge in [0.2, 0.25) is 0 Å². The molecule has 0 atom stereocenters. The minimum atomic E-state index is -0.825. The van der Waals surface area contributed by atoms with Crippen LogP contribution in [0.3, 0.4) is 0 Å². The molecule has 3 aromatic carbocycles. The first-order valence-electron chi connectivity index (χ1n) is 9.09. The zero-order valence-corrected chi connectivity index (χ0v) is 16.7. The Bertz CT molecular complexity index is 1170. The average molecular weight is 424 g/mol. The molecule has 0 radical (unpaired) electrons. The van der Waals surface area contributed by atoms with Crippen LogP contribution >= 0.6 is 11.6 Å². The number of carbonyl (C=O) groups excluding carboxylic acids is 1. The molecule has 0 saturated carbocycles. The van der Waals surface area contributed by atoms with Gasteiger partial charge in [-0.15, -0.1) is 0 Å². The third-order valence-electron chi connectivity index (χ3n) is 4.71. The van der Waals surface area contributed by atoms with Crippen LogP contribution in [-0.4, -0.2) is 13.0 Å². The highest BCUT2D eigenvalue weighted by Crippen LogP contribution is 2.37. The molecule has 1 aliphatic heterocycles. The van der Waals surface area contributed by atoms with Gasteiger partial charge in [0.1, 0.15) is 17.4 Å². The number of ether oxygens (including phenoxy) is 1. The second-order valence-corrected chi connectivity index (χ2v) is 7.08. The molecular formula is C24H16ClF2NO2. The lowest BCUT2D eigenvalue weighted by Gasteiger charge is -2.21. The number of benzene rings is 3. The van der Waals surface area contributed by atoms with Crippen molar-refractivity contribution in [1.29, 1.82) is 0 Å². The summed E-state index contributed by atoms with van der Waals surface area (Å²) in [6, 6.07) is 17.2. The quantitative estimate of drug-likeness (QED) is 0.475. The normalized spacial score (nSPS) is 14.9. The summed E-state index contributed by atoms with van der Waals surface area (Å²) < 4.78 is 33.1. The molecule has 1 amide bonds. The van der Waals surface area contributed by atoms with Crippen molar-refractivity contribution in [2.45, 2.75) is 0 Å². The number of hydrogen-bond acceptors (Lipinski definition) is 2. The van der Waals surface area contributed by atoms with E-state index in [-0.39, 0.29) is 5.69 Å². The van der Waals surface area contributed by atoms with E-state index >= 15 is 0 Å². The highest BCUT2D eigenvalue weighted by atomic mass is 35.5. The molecule has 0 bridgehead atoms. The lowest BCUT2D eigenvalue weighted by atomic mass is 10.1. The zero-order valence-electron chi connectivity index (χ0n) is 15.9. The summed E-state index contributed by atoms with van der Waals surface area (Å²) in [5, 5.41) is 0.539. The Balaban J connectivity index is 1.82. The SMILES string of the molecule is COc1ccc(/C=C2/C=C(c3ccc(Cl)cc3)N(c3ccc(F)cc3F)C2=O)cc1. The second-order valence-electron chi connectivity index (χ2n) is 6.65. The number of halogens is 3. The van der Waals surface area contributed by atoms with Crippen molar-refractivity contribution >= 4 is 35.0 Å². The van der Waals surface area contributed by atoms with Crippen LogP contribution in [0.1, 0.15) is 11.1 Å². The molecule has 0 N–H and O–H groups in total. The van der Waals surface area contributed by atoms with Crippen LogP contribution in [0, 0.1) is 11.6 Å².